The number of carbonyl (C=O) groups excluding carboxylic acids is 1. The fourth-order valence-electron chi connectivity index (χ4n) is 1.94. The van der Waals surface area contributed by atoms with E-state index in [1.807, 2.05) is 12.1 Å². The maximum atomic E-state index is 13.1. The summed E-state index contributed by atoms with van der Waals surface area (Å²) in [5, 5.41) is 0. The van der Waals surface area contributed by atoms with Crippen molar-refractivity contribution in [1.82, 2.24) is 0 Å². The maximum absolute atomic E-state index is 13.1. The van der Waals surface area contributed by atoms with Crippen molar-refractivity contribution >= 4 is 17.8 Å². The standard InChI is InChI=1S/C15H9FO2/c16-11-5-3-4-10(8-11)9-14-12-6-1-2-7-13(12)15(17)18-14/h1-9H. The molecule has 0 amide bonds. The minimum atomic E-state index is -0.367. The van der Waals surface area contributed by atoms with Crippen LogP contribution in [0.5, 0.6) is 0 Å². The summed E-state index contributed by atoms with van der Waals surface area (Å²) in [5.41, 5.74) is 1.95. The van der Waals surface area contributed by atoms with Gasteiger partial charge in [0.1, 0.15) is 11.6 Å². The van der Waals surface area contributed by atoms with Crippen LogP contribution in [-0.4, -0.2) is 5.97 Å². The van der Waals surface area contributed by atoms with Gasteiger partial charge < -0.3 is 4.74 Å². The monoisotopic (exact) mass is 240 g/mol. The summed E-state index contributed by atoms with van der Waals surface area (Å²) in [5.74, 6) is -0.226. The number of hydrogen-bond acceptors (Lipinski definition) is 2. The summed E-state index contributed by atoms with van der Waals surface area (Å²) < 4.78 is 18.3. The molecule has 2 aromatic rings. The summed E-state index contributed by atoms with van der Waals surface area (Å²) in [6, 6.07) is 13.3. The Morgan fingerprint density at radius 1 is 1.00 bits per heavy atom. The van der Waals surface area contributed by atoms with Crippen LogP contribution in [0.3, 0.4) is 0 Å². The Hall–Kier alpha value is -2.42. The summed E-state index contributed by atoms with van der Waals surface area (Å²) in [7, 11) is 0. The second kappa shape index (κ2) is 4.11. The third-order valence-corrected chi connectivity index (χ3v) is 2.76. The second-order valence-electron chi connectivity index (χ2n) is 4.00. The Morgan fingerprint density at radius 3 is 2.56 bits per heavy atom. The van der Waals surface area contributed by atoms with E-state index in [2.05, 4.69) is 0 Å². The molecule has 0 unspecified atom stereocenters. The van der Waals surface area contributed by atoms with Gasteiger partial charge in [-0.2, -0.15) is 0 Å². The van der Waals surface area contributed by atoms with E-state index in [9.17, 15) is 9.18 Å². The number of ether oxygens (including phenoxy) is 1. The van der Waals surface area contributed by atoms with Gasteiger partial charge in [0.05, 0.1) is 5.56 Å². The molecule has 0 fully saturated rings. The molecule has 1 heterocycles. The molecule has 1 aliphatic heterocycles. The summed E-state index contributed by atoms with van der Waals surface area (Å²) >= 11 is 0. The lowest BCUT2D eigenvalue weighted by atomic mass is 10.1. The van der Waals surface area contributed by atoms with E-state index >= 15 is 0 Å². The van der Waals surface area contributed by atoms with E-state index in [4.69, 9.17) is 4.74 Å². The molecular formula is C15H9FO2. The molecule has 0 bridgehead atoms. The topological polar surface area (TPSA) is 26.3 Å². The van der Waals surface area contributed by atoms with Crippen molar-refractivity contribution in [2.45, 2.75) is 0 Å². The lowest BCUT2D eigenvalue weighted by Gasteiger charge is -1.99. The molecule has 1 aliphatic rings. The second-order valence-corrected chi connectivity index (χ2v) is 4.00. The molecule has 0 saturated heterocycles. The highest BCUT2D eigenvalue weighted by Crippen LogP contribution is 2.30. The molecule has 0 radical (unpaired) electrons. The molecule has 0 N–H and O–H groups in total. The number of rotatable bonds is 1. The van der Waals surface area contributed by atoms with Gasteiger partial charge in [-0.25, -0.2) is 9.18 Å². The van der Waals surface area contributed by atoms with Crippen LogP contribution in [0.15, 0.2) is 48.5 Å². The minimum absolute atomic E-state index is 0.318. The van der Waals surface area contributed by atoms with Gasteiger partial charge in [-0.05, 0) is 29.8 Å². The highest BCUT2D eigenvalue weighted by atomic mass is 19.1. The maximum Gasteiger partial charge on any atom is 0.344 e. The molecule has 18 heavy (non-hydrogen) atoms. The predicted molar refractivity (Wildman–Crippen MR) is 66.1 cm³/mol. The number of hydrogen-bond donors (Lipinski definition) is 0. The van der Waals surface area contributed by atoms with Crippen molar-refractivity contribution < 1.29 is 13.9 Å². The Labute approximate surface area is 103 Å². The first-order chi connectivity index (χ1) is 8.74. The Morgan fingerprint density at radius 2 is 1.78 bits per heavy atom. The van der Waals surface area contributed by atoms with Crippen molar-refractivity contribution in [2.24, 2.45) is 0 Å². The number of carbonyl (C=O) groups is 1. The lowest BCUT2D eigenvalue weighted by Crippen LogP contribution is -1.92. The van der Waals surface area contributed by atoms with Crippen LogP contribution < -0.4 is 0 Å². The molecule has 2 aromatic carbocycles. The molecule has 0 atom stereocenters. The summed E-state index contributed by atoms with van der Waals surface area (Å²) in [4.78, 5) is 11.6. The molecule has 2 nitrogen and oxygen atoms in total. The molecule has 0 aromatic heterocycles. The lowest BCUT2D eigenvalue weighted by molar-refractivity contribution is 0.0717. The number of esters is 1. The SMILES string of the molecule is O=C1OC(=Cc2cccc(F)c2)c2ccccc21. The van der Waals surface area contributed by atoms with Crippen molar-refractivity contribution in [3.63, 3.8) is 0 Å². The van der Waals surface area contributed by atoms with E-state index in [1.54, 1.807) is 30.3 Å². The van der Waals surface area contributed by atoms with Crippen LogP contribution in [0.4, 0.5) is 4.39 Å². The predicted octanol–water partition coefficient (Wildman–Crippen LogP) is 3.49. The number of halogens is 1. The first-order valence-corrected chi connectivity index (χ1v) is 5.53. The zero-order valence-corrected chi connectivity index (χ0v) is 9.39. The Kier molecular flexibility index (Phi) is 2.45. The van der Waals surface area contributed by atoms with Crippen LogP contribution in [0, 0.1) is 5.82 Å². The number of cyclic esters (lactones) is 1. The highest BCUT2D eigenvalue weighted by molar-refractivity contribution is 6.05. The molecule has 0 aliphatic carbocycles. The molecule has 0 saturated carbocycles. The normalized spacial score (nSPS) is 15.6. The summed E-state index contributed by atoms with van der Waals surface area (Å²) in [6.07, 6.45) is 1.66. The number of benzene rings is 2. The van der Waals surface area contributed by atoms with E-state index in [-0.39, 0.29) is 11.8 Å². The van der Waals surface area contributed by atoms with Crippen LogP contribution in [0.25, 0.3) is 11.8 Å². The summed E-state index contributed by atoms with van der Waals surface area (Å²) in [6.45, 7) is 0. The van der Waals surface area contributed by atoms with Gasteiger partial charge in [-0.1, -0.05) is 30.3 Å². The van der Waals surface area contributed by atoms with Crippen LogP contribution in [0.2, 0.25) is 0 Å². The average Bonchev–Trinajstić information content (AvgIpc) is 2.67. The minimum Gasteiger partial charge on any atom is -0.422 e. The quantitative estimate of drug-likeness (QED) is 0.713. The largest absolute Gasteiger partial charge is 0.422 e. The molecule has 88 valence electrons. The van der Waals surface area contributed by atoms with Crippen molar-refractivity contribution in [3.8, 4) is 0 Å². The van der Waals surface area contributed by atoms with Gasteiger partial charge in [-0.15, -0.1) is 0 Å². The first kappa shape index (κ1) is 10.7. The van der Waals surface area contributed by atoms with Gasteiger partial charge in [0, 0.05) is 5.56 Å². The average molecular weight is 240 g/mol. The fraction of sp³-hybridized carbons (Fsp3) is 0. The smallest absolute Gasteiger partial charge is 0.344 e. The van der Waals surface area contributed by atoms with Crippen molar-refractivity contribution in [2.75, 3.05) is 0 Å². The van der Waals surface area contributed by atoms with E-state index in [0.29, 0.717) is 16.9 Å². The van der Waals surface area contributed by atoms with Crippen molar-refractivity contribution in [1.29, 1.82) is 0 Å². The zero-order chi connectivity index (χ0) is 12.5. The van der Waals surface area contributed by atoms with Crippen molar-refractivity contribution in [3.05, 3.63) is 71.0 Å². The molecule has 3 rings (SSSR count). The van der Waals surface area contributed by atoms with Gasteiger partial charge in [0.15, 0.2) is 0 Å². The molecule has 0 spiro atoms. The highest BCUT2D eigenvalue weighted by Gasteiger charge is 2.25. The van der Waals surface area contributed by atoms with E-state index < -0.39 is 0 Å². The van der Waals surface area contributed by atoms with E-state index in [1.165, 1.54) is 12.1 Å². The Balaban J connectivity index is 2.07. The molecule has 3 heteroatoms. The fourth-order valence-corrected chi connectivity index (χ4v) is 1.94. The Bertz CT molecular complexity index is 659. The van der Waals surface area contributed by atoms with Crippen LogP contribution in [-0.2, 0) is 4.74 Å². The van der Waals surface area contributed by atoms with Gasteiger partial charge in [0.25, 0.3) is 0 Å². The third kappa shape index (κ3) is 1.80. The van der Waals surface area contributed by atoms with Gasteiger partial charge in [-0.3, -0.25) is 0 Å². The third-order valence-electron chi connectivity index (χ3n) is 2.76. The number of fused-ring (bicyclic) bond motifs is 1. The van der Waals surface area contributed by atoms with Gasteiger partial charge in [0.2, 0.25) is 0 Å². The van der Waals surface area contributed by atoms with Crippen LogP contribution in [0.1, 0.15) is 21.5 Å². The first-order valence-electron chi connectivity index (χ1n) is 5.53. The van der Waals surface area contributed by atoms with E-state index in [0.717, 1.165) is 5.56 Å². The van der Waals surface area contributed by atoms with Crippen LogP contribution >= 0.6 is 0 Å². The zero-order valence-electron chi connectivity index (χ0n) is 9.39. The van der Waals surface area contributed by atoms with Gasteiger partial charge >= 0.3 is 5.97 Å². The molecular weight excluding hydrogens is 231 g/mol.